The maximum Gasteiger partial charge on any atom is 0.133 e. The Morgan fingerprint density at radius 1 is 1.25 bits per heavy atom. The van der Waals surface area contributed by atoms with Crippen molar-refractivity contribution < 1.29 is 13.9 Å². The molecule has 2 rings (SSSR count). The molecule has 0 amide bonds. The van der Waals surface area contributed by atoms with Crippen LogP contribution in [0.25, 0.3) is 0 Å². The van der Waals surface area contributed by atoms with Gasteiger partial charge in [-0.3, -0.25) is 0 Å². The number of ether oxygens (including phenoxy) is 2. The fourth-order valence-electron chi connectivity index (χ4n) is 1.82. The molecule has 0 saturated heterocycles. The average molecular weight is 360 g/mol. The van der Waals surface area contributed by atoms with E-state index in [4.69, 9.17) is 25.5 Å². The standard InChI is InChI=1S/C15H16BrClO3/c1-10-7-12(9-20-10)15(17)11-3-4-14(13(16)8-11)19-6-5-18-2/h3-4,7-9,15H,5-6H2,1-2H3. The minimum absolute atomic E-state index is 0.239. The van der Waals surface area contributed by atoms with Crippen LogP contribution in [0.3, 0.4) is 0 Å². The van der Waals surface area contributed by atoms with Crippen molar-refractivity contribution in [1.29, 1.82) is 0 Å². The Labute approximate surface area is 132 Å². The minimum atomic E-state index is -0.239. The van der Waals surface area contributed by atoms with Crippen LogP contribution in [-0.2, 0) is 4.74 Å². The van der Waals surface area contributed by atoms with Crippen LogP contribution in [0.15, 0.2) is 39.4 Å². The summed E-state index contributed by atoms with van der Waals surface area (Å²) in [6.45, 7) is 2.97. The first-order valence-electron chi connectivity index (χ1n) is 6.22. The van der Waals surface area contributed by atoms with E-state index < -0.39 is 0 Å². The van der Waals surface area contributed by atoms with Crippen molar-refractivity contribution in [3.05, 3.63) is 51.9 Å². The van der Waals surface area contributed by atoms with Crippen molar-refractivity contribution in [2.75, 3.05) is 20.3 Å². The molecule has 2 aromatic rings. The third-order valence-corrected chi connectivity index (χ3v) is 3.96. The number of rotatable bonds is 6. The van der Waals surface area contributed by atoms with Crippen LogP contribution >= 0.6 is 27.5 Å². The van der Waals surface area contributed by atoms with E-state index in [1.165, 1.54) is 0 Å². The maximum atomic E-state index is 6.45. The van der Waals surface area contributed by atoms with E-state index in [1.807, 2.05) is 31.2 Å². The van der Waals surface area contributed by atoms with Crippen LogP contribution in [-0.4, -0.2) is 20.3 Å². The Morgan fingerprint density at radius 2 is 2.05 bits per heavy atom. The molecule has 1 aromatic heterocycles. The molecule has 0 spiro atoms. The van der Waals surface area contributed by atoms with E-state index in [2.05, 4.69) is 15.9 Å². The van der Waals surface area contributed by atoms with Gasteiger partial charge in [0.1, 0.15) is 18.1 Å². The highest BCUT2D eigenvalue weighted by Gasteiger charge is 2.14. The van der Waals surface area contributed by atoms with Crippen LogP contribution in [0.1, 0.15) is 22.3 Å². The Bertz CT molecular complexity index is 568. The third kappa shape index (κ3) is 3.78. The Balaban J connectivity index is 2.12. The predicted molar refractivity (Wildman–Crippen MR) is 82.7 cm³/mol. The number of furan rings is 1. The topological polar surface area (TPSA) is 31.6 Å². The molecule has 1 unspecified atom stereocenters. The molecule has 1 aromatic carbocycles. The first kappa shape index (κ1) is 15.4. The van der Waals surface area contributed by atoms with E-state index in [-0.39, 0.29) is 5.38 Å². The molecule has 0 saturated carbocycles. The molecule has 0 aliphatic carbocycles. The molecule has 0 radical (unpaired) electrons. The molecule has 0 bridgehead atoms. The summed E-state index contributed by atoms with van der Waals surface area (Å²) in [7, 11) is 1.65. The third-order valence-electron chi connectivity index (χ3n) is 2.84. The molecule has 1 atom stereocenters. The number of hydrogen-bond acceptors (Lipinski definition) is 3. The number of halogens is 2. The molecule has 0 N–H and O–H groups in total. The summed E-state index contributed by atoms with van der Waals surface area (Å²) in [5.41, 5.74) is 1.93. The van der Waals surface area contributed by atoms with Gasteiger partial charge in [0, 0.05) is 12.7 Å². The zero-order valence-electron chi connectivity index (χ0n) is 11.4. The van der Waals surface area contributed by atoms with E-state index in [9.17, 15) is 0 Å². The van der Waals surface area contributed by atoms with E-state index in [1.54, 1.807) is 13.4 Å². The van der Waals surface area contributed by atoms with Crippen LogP contribution in [0.2, 0.25) is 0 Å². The van der Waals surface area contributed by atoms with E-state index in [0.29, 0.717) is 13.2 Å². The minimum Gasteiger partial charge on any atom is -0.490 e. The van der Waals surface area contributed by atoms with Gasteiger partial charge < -0.3 is 13.9 Å². The smallest absolute Gasteiger partial charge is 0.133 e. The summed E-state index contributed by atoms with van der Waals surface area (Å²) < 4.78 is 16.7. The molecule has 1 heterocycles. The monoisotopic (exact) mass is 358 g/mol. The summed E-state index contributed by atoms with van der Waals surface area (Å²) in [5.74, 6) is 1.63. The quantitative estimate of drug-likeness (QED) is 0.553. The van der Waals surface area contributed by atoms with Crippen molar-refractivity contribution in [1.82, 2.24) is 0 Å². The predicted octanol–water partition coefficient (Wildman–Crippen LogP) is 4.70. The van der Waals surface area contributed by atoms with E-state index >= 15 is 0 Å². The van der Waals surface area contributed by atoms with Gasteiger partial charge in [-0.05, 0) is 46.6 Å². The van der Waals surface area contributed by atoms with Gasteiger partial charge in [-0.25, -0.2) is 0 Å². The van der Waals surface area contributed by atoms with Gasteiger partial charge in [-0.15, -0.1) is 11.6 Å². The maximum absolute atomic E-state index is 6.45. The van der Waals surface area contributed by atoms with Gasteiger partial charge >= 0.3 is 0 Å². The van der Waals surface area contributed by atoms with Crippen molar-refractivity contribution in [3.8, 4) is 5.75 Å². The second-order valence-electron chi connectivity index (χ2n) is 4.38. The van der Waals surface area contributed by atoms with Crippen LogP contribution in [0, 0.1) is 6.92 Å². The molecule has 5 heteroatoms. The van der Waals surface area contributed by atoms with Crippen molar-refractivity contribution in [2.24, 2.45) is 0 Å². The normalized spacial score (nSPS) is 12.4. The number of aryl methyl sites for hydroxylation is 1. The molecule has 20 heavy (non-hydrogen) atoms. The Kier molecular flexibility index (Phi) is 5.52. The van der Waals surface area contributed by atoms with Crippen molar-refractivity contribution >= 4 is 27.5 Å². The second-order valence-corrected chi connectivity index (χ2v) is 5.68. The zero-order chi connectivity index (χ0) is 14.5. The van der Waals surface area contributed by atoms with Crippen molar-refractivity contribution in [2.45, 2.75) is 12.3 Å². The Morgan fingerprint density at radius 3 is 2.65 bits per heavy atom. The van der Waals surface area contributed by atoms with Gasteiger partial charge in [0.15, 0.2) is 0 Å². The summed E-state index contributed by atoms with van der Waals surface area (Å²) in [4.78, 5) is 0. The summed E-state index contributed by atoms with van der Waals surface area (Å²) in [6.07, 6.45) is 1.68. The lowest BCUT2D eigenvalue weighted by Gasteiger charge is -2.12. The summed E-state index contributed by atoms with van der Waals surface area (Å²) in [5, 5.41) is -0.239. The van der Waals surface area contributed by atoms with Crippen LogP contribution in [0.4, 0.5) is 0 Å². The molecule has 0 aliphatic heterocycles. The second kappa shape index (κ2) is 7.16. The average Bonchev–Trinajstić information content (AvgIpc) is 2.86. The largest absolute Gasteiger partial charge is 0.490 e. The van der Waals surface area contributed by atoms with Gasteiger partial charge in [-0.1, -0.05) is 6.07 Å². The van der Waals surface area contributed by atoms with Gasteiger partial charge in [-0.2, -0.15) is 0 Å². The fraction of sp³-hybridized carbons (Fsp3) is 0.333. The highest BCUT2D eigenvalue weighted by atomic mass is 79.9. The van der Waals surface area contributed by atoms with Crippen LogP contribution in [0.5, 0.6) is 5.75 Å². The number of hydrogen-bond donors (Lipinski definition) is 0. The molecule has 0 aliphatic rings. The number of alkyl halides is 1. The fourth-order valence-corrected chi connectivity index (χ4v) is 2.58. The summed E-state index contributed by atoms with van der Waals surface area (Å²) >= 11 is 9.95. The van der Waals surface area contributed by atoms with E-state index in [0.717, 1.165) is 27.1 Å². The SMILES string of the molecule is COCCOc1ccc(C(Cl)c2coc(C)c2)cc1Br. The highest BCUT2D eigenvalue weighted by Crippen LogP contribution is 2.34. The lowest BCUT2D eigenvalue weighted by Crippen LogP contribution is -2.04. The lowest BCUT2D eigenvalue weighted by atomic mass is 10.1. The first-order valence-corrected chi connectivity index (χ1v) is 7.45. The van der Waals surface area contributed by atoms with Gasteiger partial charge in [0.2, 0.25) is 0 Å². The first-order chi connectivity index (χ1) is 9.61. The van der Waals surface area contributed by atoms with Crippen molar-refractivity contribution in [3.63, 3.8) is 0 Å². The number of benzene rings is 1. The van der Waals surface area contributed by atoms with Gasteiger partial charge in [0.05, 0.1) is 22.7 Å². The molecular formula is C15H16BrClO3. The Hall–Kier alpha value is -0.970. The summed E-state index contributed by atoms with van der Waals surface area (Å²) in [6, 6.07) is 7.75. The highest BCUT2D eigenvalue weighted by molar-refractivity contribution is 9.10. The molecular weight excluding hydrogens is 344 g/mol. The van der Waals surface area contributed by atoms with Gasteiger partial charge in [0.25, 0.3) is 0 Å². The molecule has 3 nitrogen and oxygen atoms in total. The number of methoxy groups -OCH3 is 1. The zero-order valence-corrected chi connectivity index (χ0v) is 13.7. The van der Waals surface area contributed by atoms with Crippen LogP contribution < -0.4 is 4.74 Å². The molecule has 108 valence electrons. The molecule has 0 fully saturated rings. The lowest BCUT2D eigenvalue weighted by molar-refractivity contribution is 0.146.